The van der Waals surface area contributed by atoms with Crippen molar-refractivity contribution < 1.29 is 8.42 Å². The van der Waals surface area contributed by atoms with Gasteiger partial charge in [-0.2, -0.15) is 11.3 Å². The monoisotopic (exact) mass is 376 g/mol. The highest BCUT2D eigenvalue weighted by Crippen LogP contribution is 2.28. The maximum absolute atomic E-state index is 12.4. The van der Waals surface area contributed by atoms with E-state index in [1.807, 2.05) is 5.38 Å². The first-order chi connectivity index (χ1) is 10.6. The third kappa shape index (κ3) is 3.72. The number of thiophene rings is 2. The molecule has 120 valence electrons. The van der Waals surface area contributed by atoms with Gasteiger partial charge in [-0.3, -0.25) is 4.90 Å². The van der Waals surface area contributed by atoms with Crippen molar-refractivity contribution in [1.82, 2.24) is 9.62 Å². The Labute approximate surface area is 143 Å². The highest BCUT2D eigenvalue weighted by molar-refractivity contribution is 7.91. The molecule has 0 bridgehead atoms. The fourth-order valence-corrected chi connectivity index (χ4v) is 5.95. The van der Waals surface area contributed by atoms with Crippen molar-refractivity contribution in [2.24, 2.45) is 0 Å². The Morgan fingerprint density at radius 3 is 2.64 bits per heavy atom. The Balaban J connectivity index is 1.74. The van der Waals surface area contributed by atoms with Gasteiger partial charge in [-0.15, -0.1) is 11.3 Å². The van der Waals surface area contributed by atoms with Gasteiger partial charge in [-0.05, 0) is 60.5 Å². The number of halogens is 1. The molecule has 0 saturated carbocycles. The van der Waals surface area contributed by atoms with Crippen LogP contribution in [0.5, 0.6) is 0 Å². The average Bonchev–Trinajstić information content (AvgIpc) is 3.20. The van der Waals surface area contributed by atoms with Crippen LogP contribution in [0.1, 0.15) is 24.4 Å². The summed E-state index contributed by atoms with van der Waals surface area (Å²) >= 11 is 8.55. The molecule has 0 radical (unpaired) electrons. The van der Waals surface area contributed by atoms with Crippen LogP contribution in [0.25, 0.3) is 0 Å². The van der Waals surface area contributed by atoms with Gasteiger partial charge in [0.15, 0.2) is 0 Å². The maximum Gasteiger partial charge on any atom is 0.250 e. The van der Waals surface area contributed by atoms with Gasteiger partial charge in [-0.25, -0.2) is 13.1 Å². The number of sulfonamides is 1. The number of likely N-dealkylation sites (tertiary alicyclic amines) is 1. The normalized spacial score (nSPS) is 17.9. The highest BCUT2D eigenvalue weighted by atomic mass is 35.5. The van der Waals surface area contributed by atoms with E-state index in [0.29, 0.717) is 10.9 Å². The molecule has 1 aliphatic rings. The van der Waals surface area contributed by atoms with Crippen molar-refractivity contribution in [3.8, 4) is 0 Å². The van der Waals surface area contributed by atoms with Crippen LogP contribution in [0.3, 0.4) is 0 Å². The summed E-state index contributed by atoms with van der Waals surface area (Å²) in [5, 5.41) is 4.13. The minimum atomic E-state index is -3.49. The molecular formula is C14H17ClN2O2S3. The van der Waals surface area contributed by atoms with Gasteiger partial charge in [0, 0.05) is 12.6 Å². The molecule has 0 aromatic carbocycles. The van der Waals surface area contributed by atoms with E-state index in [1.165, 1.54) is 18.4 Å². The van der Waals surface area contributed by atoms with Crippen molar-refractivity contribution in [2.45, 2.75) is 23.1 Å². The van der Waals surface area contributed by atoms with Crippen LogP contribution in [0.4, 0.5) is 0 Å². The van der Waals surface area contributed by atoms with Gasteiger partial charge in [0.1, 0.15) is 4.21 Å². The minimum absolute atomic E-state index is 0.0963. The van der Waals surface area contributed by atoms with Crippen LogP contribution in [0.2, 0.25) is 4.34 Å². The molecule has 4 nitrogen and oxygen atoms in total. The molecule has 2 aromatic rings. The number of hydrogen-bond donors (Lipinski definition) is 1. The summed E-state index contributed by atoms with van der Waals surface area (Å²) in [6.45, 7) is 2.43. The topological polar surface area (TPSA) is 49.4 Å². The second kappa shape index (κ2) is 6.98. The van der Waals surface area contributed by atoms with E-state index < -0.39 is 10.0 Å². The molecule has 1 N–H and O–H groups in total. The van der Waals surface area contributed by atoms with E-state index >= 15 is 0 Å². The van der Waals surface area contributed by atoms with Crippen LogP contribution in [0, 0.1) is 0 Å². The zero-order valence-corrected chi connectivity index (χ0v) is 15.1. The summed E-state index contributed by atoms with van der Waals surface area (Å²) < 4.78 is 28.2. The second-order valence-electron chi connectivity index (χ2n) is 5.23. The first-order valence-corrected chi connectivity index (χ1v) is 10.7. The molecule has 3 heterocycles. The molecule has 0 spiro atoms. The average molecular weight is 377 g/mol. The Morgan fingerprint density at radius 1 is 1.27 bits per heavy atom. The molecule has 2 aromatic heterocycles. The number of nitrogens with zero attached hydrogens (tertiary/aromatic N) is 1. The van der Waals surface area contributed by atoms with E-state index in [9.17, 15) is 8.42 Å². The molecule has 1 saturated heterocycles. The number of hydrogen-bond acceptors (Lipinski definition) is 5. The van der Waals surface area contributed by atoms with Crippen LogP contribution in [-0.4, -0.2) is 33.0 Å². The minimum Gasteiger partial charge on any atom is -0.295 e. The summed E-state index contributed by atoms with van der Waals surface area (Å²) in [6, 6.07) is 5.32. The van der Waals surface area contributed by atoms with Crippen molar-refractivity contribution in [2.75, 3.05) is 19.6 Å². The first-order valence-electron chi connectivity index (χ1n) is 7.07. The summed E-state index contributed by atoms with van der Waals surface area (Å²) in [4.78, 5) is 2.35. The Bertz CT molecular complexity index is 706. The van der Waals surface area contributed by atoms with E-state index in [1.54, 1.807) is 23.5 Å². The third-order valence-electron chi connectivity index (χ3n) is 3.79. The van der Waals surface area contributed by atoms with Crippen LogP contribution in [0.15, 0.2) is 33.2 Å². The first kappa shape index (κ1) is 16.4. The highest BCUT2D eigenvalue weighted by Gasteiger charge is 2.26. The fraction of sp³-hybridized carbons (Fsp3) is 0.429. The number of rotatable bonds is 6. The summed E-state index contributed by atoms with van der Waals surface area (Å²) in [5.74, 6) is 0. The molecule has 1 unspecified atom stereocenters. The SMILES string of the molecule is O=S(=O)(NCC(c1ccsc1)N1CCCC1)c1ccc(Cl)s1. The molecule has 1 atom stereocenters. The molecule has 1 aliphatic heterocycles. The van der Waals surface area contributed by atoms with E-state index in [0.717, 1.165) is 24.4 Å². The Kier molecular flexibility index (Phi) is 5.21. The number of nitrogens with one attached hydrogen (secondary N) is 1. The van der Waals surface area contributed by atoms with Gasteiger partial charge in [0.05, 0.1) is 4.34 Å². The molecule has 0 aliphatic carbocycles. The molecule has 8 heteroatoms. The summed E-state index contributed by atoms with van der Waals surface area (Å²) in [5.41, 5.74) is 1.18. The van der Waals surface area contributed by atoms with Crippen LogP contribution in [-0.2, 0) is 10.0 Å². The van der Waals surface area contributed by atoms with E-state index in [-0.39, 0.29) is 10.3 Å². The van der Waals surface area contributed by atoms with Gasteiger partial charge in [0.25, 0.3) is 0 Å². The van der Waals surface area contributed by atoms with Crippen LogP contribution >= 0.6 is 34.3 Å². The van der Waals surface area contributed by atoms with Crippen molar-refractivity contribution in [1.29, 1.82) is 0 Å². The van der Waals surface area contributed by atoms with E-state index in [4.69, 9.17) is 11.6 Å². The Morgan fingerprint density at radius 2 is 2.05 bits per heavy atom. The Hall–Kier alpha value is -0.440. The maximum atomic E-state index is 12.4. The van der Waals surface area contributed by atoms with Crippen molar-refractivity contribution in [3.05, 3.63) is 38.9 Å². The quantitative estimate of drug-likeness (QED) is 0.838. The smallest absolute Gasteiger partial charge is 0.250 e. The second-order valence-corrected chi connectivity index (χ2v) is 9.71. The molecule has 22 heavy (non-hydrogen) atoms. The molecule has 1 fully saturated rings. The molecular weight excluding hydrogens is 360 g/mol. The lowest BCUT2D eigenvalue weighted by molar-refractivity contribution is 0.247. The van der Waals surface area contributed by atoms with Gasteiger partial charge < -0.3 is 0 Å². The zero-order chi connectivity index (χ0) is 15.6. The molecule has 3 rings (SSSR count). The van der Waals surface area contributed by atoms with E-state index in [2.05, 4.69) is 21.1 Å². The summed E-state index contributed by atoms with van der Waals surface area (Å²) in [6.07, 6.45) is 2.35. The van der Waals surface area contributed by atoms with Crippen molar-refractivity contribution >= 4 is 44.3 Å². The predicted octanol–water partition coefficient (Wildman–Crippen LogP) is 3.58. The predicted molar refractivity (Wildman–Crippen MR) is 92.4 cm³/mol. The summed E-state index contributed by atoms with van der Waals surface area (Å²) in [7, 11) is -3.49. The standard InChI is InChI=1S/C14H17ClN2O2S3/c15-13-3-4-14(21-13)22(18,19)16-9-12(11-5-8-20-10-11)17-6-1-2-7-17/h3-5,8,10,12,16H,1-2,6-7,9H2. The zero-order valence-electron chi connectivity index (χ0n) is 11.9. The van der Waals surface area contributed by atoms with Gasteiger partial charge >= 0.3 is 0 Å². The van der Waals surface area contributed by atoms with Gasteiger partial charge in [-0.1, -0.05) is 11.6 Å². The lowest BCUT2D eigenvalue weighted by atomic mass is 10.1. The van der Waals surface area contributed by atoms with Gasteiger partial charge in [0.2, 0.25) is 10.0 Å². The van der Waals surface area contributed by atoms with Crippen molar-refractivity contribution in [3.63, 3.8) is 0 Å². The third-order valence-corrected chi connectivity index (χ3v) is 7.64. The van der Waals surface area contributed by atoms with Crippen LogP contribution < -0.4 is 4.72 Å². The molecule has 0 amide bonds. The largest absolute Gasteiger partial charge is 0.295 e. The fourth-order valence-electron chi connectivity index (χ4n) is 2.68. The lowest BCUT2D eigenvalue weighted by Crippen LogP contribution is -2.36. The lowest BCUT2D eigenvalue weighted by Gasteiger charge is -2.27.